The zero-order valence-corrected chi connectivity index (χ0v) is 14.4. The van der Waals surface area contributed by atoms with Gasteiger partial charge in [0.1, 0.15) is 11.6 Å². The van der Waals surface area contributed by atoms with Gasteiger partial charge in [0.2, 0.25) is 0 Å². The highest BCUT2D eigenvalue weighted by atomic mass is 19.1. The van der Waals surface area contributed by atoms with Crippen LogP contribution in [0, 0.1) is 17.1 Å². The Bertz CT molecular complexity index is 963. The molecule has 0 aliphatic rings. The molecule has 5 nitrogen and oxygen atoms in total. The fraction of sp³-hybridized carbons (Fsp3) is 0.0952. The van der Waals surface area contributed by atoms with E-state index in [1.807, 2.05) is 0 Å². The van der Waals surface area contributed by atoms with E-state index in [1.165, 1.54) is 12.3 Å². The molecule has 134 valence electrons. The van der Waals surface area contributed by atoms with Crippen LogP contribution in [0.1, 0.15) is 21.5 Å². The average molecular weight is 360 g/mol. The van der Waals surface area contributed by atoms with Gasteiger partial charge in [-0.25, -0.2) is 9.37 Å². The van der Waals surface area contributed by atoms with Crippen LogP contribution in [0.5, 0.6) is 0 Å². The highest BCUT2D eigenvalue weighted by molar-refractivity contribution is 5.94. The minimum absolute atomic E-state index is 0.260. The number of nitriles is 1. The van der Waals surface area contributed by atoms with Gasteiger partial charge in [0.15, 0.2) is 0 Å². The number of nitrogens with one attached hydrogen (secondary N) is 2. The Morgan fingerprint density at radius 2 is 1.85 bits per heavy atom. The summed E-state index contributed by atoms with van der Waals surface area (Å²) in [7, 11) is 0. The molecule has 3 aromatic rings. The number of nitrogens with zero attached hydrogens (tertiary/aromatic N) is 2. The van der Waals surface area contributed by atoms with Crippen LogP contribution >= 0.6 is 0 Å². The Kier molecular flexibility index (Phi) is 5.75. The van der Waals surface area contributed by atoms with Crippen molar-refractivity contribution < 1.29 is 9.18 Å². The SMILES string of the molecule is N#Cc1ccc(Nc2ccc(C(=O)NCCc3ccccc3F)cn2)cc1. The number of pyridine rings is 1. The van der Waals surface area contributed by atoms with Crippen LogP contribution in [-0.2, 0) is 6.42 Å². The van der Waals surface area contributed by atoms with Crippen molar-refractivity contribution in [1.29, 1.82) is 5.26 Å². The number of halogens is 1. The molecule has 0 saturated carbocycles. The first-order valence-corrected chi connectivity index (χ1v) is 8.40. The molecular weight excluding hydrogens is 343 g/mol. The number of benzene rings is 2. The Morgan fingerprint density at radius 1 is 1.07 bits per heavy atom. The number of rotatable bonds is 6. The highest BCUT2D eigenvalue weighted by Gasteiger charge is 2.07. The van der Waals surface area contributed by atoms with Crippen molar-refractivity contribution in [2.45, 2.75) is 6.42 Å². The van der Waals surface area contributed by atoms with Gasteiger partial charge >= 0.3 is 0 Å². The molecule has 0 unspecified atom stereocenters. The summed E-state index contributed by atoms with van der Waals surface area (Å²) in [6.07, 6.45) is 1.90. The van der Waals surface area contributed by atoms with Crippen LogP contribution < -0.4 is 10.6 Å². The van der Waals surface area contributed by atoms with Crippen LogP contribution in [0.4, 0.5) is 15.9 Å². The van der Waals surface area contributed by atoms with E-state index in [1.54, 1.807) is 54.6 Å². The van der Waals surface area contributed by atoms with Crippen molar-refractivity contribution in [1.82, 2.24) is 10.3 Å². The Balaban J connectivity index is 1.53. The lowest BCUT2D eigenvalue weighted by Gasteiger charge is -2.08. The molecule has 0 spiro atoms. The monoisotopic (exact) mass is 360 g/mol. The van der Waals surface area contributed by atoms with Gasteiger partial charge in [-0.2, -0.15) is 5.26 Å². The summed E-state index contributed by atoms with van der Waals surface area (Å²) < 4.78 is 13.6. The second-order valence-corrected chi connectivity index (χ2v) is 5.84. The standard InChI is InChI=1S/C21H17FN4O/c22-19-4-2-1-3-16(19)11-12-24-21(27)17-7-10-20(25-14-17)26-18-8-5-15(13-23)6-9-18/h1-10,14H,11-12H2,(H,24,27)(H,25,26). The molecule has 0 aliphatic heterocycles. The zero-order valence-electron chi connectivity index (χ0n) is 14.4. The van der Waals surface area contributed by atoms with Gasteiger partial charge in [0.05, 0.1) is 17.2 Å². The van der Waals surface area contributed by atoms with E-state index in [0.29, 0.717) is 35.5 Å². The van der Waals surface area contributed by atoms with Crippen molar-refractivity contribution in [2.75, 3.05) is 11.9 Å². The van der Waals surface area contributed by atoms with Crippen molar-refractivity contribution in [2.24, 2.45) is 0 Å². The minimum Gasteiger partial charge on any atom is -0.352 e. The molecule has 6 heteroatoms. The molecule has 0 bridgehead atoms. The number of hydrogen-bond donors (Lipinski definition) is 2. The summed E-state index contributed by atoms with van der Waals surface area (Å²) >= 11 is 0. The van der Waals surface area contributed by atoms with Gasteiger partial charge in [0.25, 0.3) is 5.91 Å². The van der Waals surface area contributed by atoms with E-state index in [0.717, 1.165) is 5.69 Å². The van der Waals surface area contributed by atoms with Crippen LogP contribution in [0.3, 0.4) is 0 Å². The van der Waals surface area contributed by atoms with Crippen molar-refractivity contribution in [3.63, 3.8) is 0 Å². The maximum absolute atomic E-state index is 13.6. The molecule has 0 atom stereocenters. The van der Waals surface area contributed by atoms with E-state index < -0.39 is 0 Å². The van der Waals surface area contributed by atoms with Crippen LogP contribution in [0.25, 0.3) is 0 Å². The Morgan fingerprint density at radius 3 is 2.52 bits per heavy atom. The van der Waals surface area contributed by atoms with Crippen molar-refractivity contribution in [3.05, 3.63) is 89.4 Å². The highest BCUT2D eigenvalue weighted by Crippen LogP contribution is 2.15. The molecule has 1 aromatic heterocycles. The first kappa shape index (κ1) is 18.1. The molecule has 0 aliphatic carbocycles. The third-order valence-corrected chi connectivity index (χ3v) is 3.95. The number of amides is 1. The Labute approximate surface area is 156 Å². The fourth-order valence-electron chi connectivity index (χ4n) is 2.49. The molecule has 3 rings (SSSR count). The van der Waals surface area contributed by atoms with Crippen LogP contribution in [-0.4, -0.2) is 17.4 Å². The summed E-state index contributed by atoms with van der Waals surface area (Å²) in [6, 6.07) is 18.9. The Hall–Kier alpha value is -3.72. The van der Waals surface area contributed by atoms with E-state index >= 15 is 0 Å². The molecular formula is C21H17FN4O. The number of anilines is 2. The molecule has 1 heterocycles. The van der Waals surface area contributed by atoms with Crippen molar-refractivity contribution >= 4 is 17.4 Å². The van der Waals surface area contributed by atoms with E-state index in [-0.39, 0.29) is 11.7 Å². The van der Waals surface area contributed by atoms with Gasteiger partial charge in [-0.3, -0.25) is 4.79 Å². The van der Waals surface area contributed by atoms with E-state index in [4.69, 9.17) is 5.26 Å². The van der Waals surface area contributed by atoms with Gasteiger partial charge in [0, 0.05) is 18.4 Å². The first-order chi connectivity index (χ1) is 13.2. The normalized spacial score (nSPS) is 10.1. The maximum Gasteiger partial charge on any atom is 0.252 e. The lowest BCUT2D eigenvalue weighted by atomic mass is 10.1. The van der Waals surface area contributed by atoms with Crippen molar-refractivity contribution in [3.8, 4) is 6.07 Å². The zero-order chi connectivity index (χ0) is 19.1. The predicted octanol–water partition coefficient (Wildman–Crippen LogP) is 3.81. The second kappa shape index (κ2) is 8.59. The molecule has 1 amide bonds. The van der Waals surface area contributed by atoms with Gasteiger partial charge in [-0.05, 0) is 54.4 Å². The number of hydrogen-bond acceptors (Lipinski definition) is 4. The predicted molar refractivity (Wildman–Crippen MR) is 101 cm³/mol. The summed E-state index contributed by atoms with van der Waals surface area (Å²) in [4.78, 5) is 16.4. The summed E-state index contributed by atoms with van der Waals surface area (Å²) in [5.41, 5.74) is 2.37. The summed E-state index contributed by atoms with van der Waals surface area (Å²) in [5, 5.41) is 14.7. The second-order valence-electron chi connectivity index (χ2n) is 5.84. The van der Waals surface area contributed by atoms with Gasteiger partial charge < -0.3 is 10.6 Å². The van der Waals surface area contributed by atoms with Gasteiger partial charge in [-0.1, -0.05) is 18.2 Å². The molecule has 27 heavy (non-hydrogen) atoms. The third-order valence-electron chi connectivity index (χ3n) is 3.95. The topological polar surface area (TPSA) is 77.8 Å². The molecule has 2 N–H and O–H groups in total. The summed E-state index contributed by atoms with van der Waals surface area (Å²) in [5.74, 6) is 0.0537. The van der Waals surface area contributed by atoms with E-state index in [2.05, 4.69) is 21.7 Å². The summed E-state index contributed by atoms with van der Waals surface area (Å²) in [6.45, 7) is 0.338. The number of aromatic nitrogens is 1. The lowest BCUT2D eigenvalue weighted by Crippen LogP contribution is -2.26. The molecule has 2 aromatic carbocycles. The van der Waals surface area contributed by atoms with Crippen LogP contribution in [0.15, 0.2) is 66.9 Å². The molecule has 0 saturated heterocycles. The fourth-order valence-corrected chi connectivity index (χ4v) is 2.49. The number of carbonyl (C=O) groups is 1. The number of carbonyl (C=O) groups excluding carboxylic acids is 1. The van der Waals surface area contributed by atoms with E-state index in [9.17, 15) is 9.18 Å². The molecule has 0 fully saturated rings. The average Bonchev–Trinajstić information content (AvgIpc) is 2.70. The molecule has 0 radical (unpaired) electrons. The van der Waals surface area contributed by atoms with Crippen LogP contribution in [0.2, 0.25) is 0 Å². The third kappa shape index (κ3) is 4.89. The smallest absolute Gasteiger partial charge is 0.252 e. The largest absolute Gasteiger partial charge is 0.352 e. The minimum atomic E-state index is -0.272. The van der Waals surface area contributed by atoms with Gasteiger partial charge in [-0.15, -0.1) is 0 Å². The maximum atomic E-state index is 13.6. The first-order valence-electron chi connectivity index (χ1n) is 8.40. The quantitative estimate of drug-likeness (QED) is 0.701. The lowest BCUT2D eigenvalue weighted by molar-refractivity contribution is 0.0953.